The zero-order valence-electron chi connectivity index (χ0n) is 13.9. The van der Waals surface area contributed by atoms with E-state index >= 15 is 0 Å². The van der Waals surface area contributed by atoms with E-state index in [1.165, 1.54) is 23.5 Å². The van der Waals surface area contributed by atoms with Crippen LogP contribution >= 0.6 is 0 Å². The van der Waals surface area contributed by atoms with Gasteiger partial charge in [-0.2, -0.15) is 4.31 Å². The van der Waals surface area contributed by atoms with Gasteiger partial charge in [0.2, 0.25) is 10.0 Å². The molecule has 0 fully saturated rings. The summed E-state index contributed by atoms with van der Waals surface area (Å²) in [6.45, 7) is 8.69. The van der Waals surface area contributed by atoms with Crippen LogP contribution in [0.25, 0.3) is 0 Å². The van der Waals surface area contributed by atoms with Gasteiger partial charge in [-0.1, -0.05) is 39.8 Å². The highest BCUT2D eigenvalue weighted by atomic mass is 32.2. The average Bonchev–Trinajstić information content (AvgIpc) is 2.44. The third kappa shape index (κ3) is 4.55. The van der Waals surface area contributed by atoms with E-state index in [1.807, 2.05) is 27.7 Å². The summed E-state index contributed by atoms with van der Waals surface area (Å²) in [5.41, 5.74) is 0.0718. The fraction of sp³-hybridized carbons (Fsp3) is 0.562. The molecule has 0 saturated carbocycles. The van der Waals surface area contributed by atoms with Crippen molar-refractivity contribution in [1.82, 2.24) is 4.31 Å². The Morgan fingerprint density at radius 2 is 1.59 bits per heavy atom. The second kappa shape index (κ2) is 7.74. The third-order valence-corrected chi connectivity index (χ3v) is 4.94. The number of hydrogen-bond donors (Lipinski definition) is 0. The highest BCUT2D eigenvalue weighted by molar-refractivity contribution is 7.89. The summed E-state index contributed by atoms with van der Waals surface area (Å²) in [6.07, 6.45) is 0. The van der Waals surface area contributed by atoms with Crippen molar-refractivity contribution in [2.45, 2.75) is 32.6 Å². The van der Waals surface area contributed by atoms with Crippen molar-refractivity contribution >= 4 is 16.0 Å². The van der Waals surface area contributed by atoms with Crippen LogP contribution in [0.4, 0.5) is 0 Å². The fourth-order valence-corrected chi connectivity index (χ4v) is 4.14. The molecular weight excluding hydrogens is 302 g/mol. The summed E-state index contributed by atoms with van der Waals surface area (Å²) < 4.78 is 32.1. The van der Waals surface area contributed by atoms with Crippen molar-refractivity contribution in [3.05, 3.63) is 29.8 Å². The van der Waals surface area contributed by atoms with Gasteiger partial charge in [-0.05, 0) is 24.0 Å². The van der Waals surface area contributed by atoms with Gasteiger partial charge in [0.05, 0.1) is 17.6 Å². The van der Waals surface area contributed by atoms with Gasteiger partial charge < -0.3 is 4.74 Å². The summed E-state index contributed by atoms with van der Waals surface area (Å²) in [4.78, 5) is 11.8. The van der Waals surface area contributed by atoms with Crippen molar-refractivity contribution in [3.63, 3.8) is 0 Å². The molecule has 0 radical (unpaired) electrons. The van der Waals surface area contributed by atoms with Crippen LogP contribution in [0, 0.1) is 11.8 Å². The minimum atomic E-state index is -3.74. The van der Waals surface area contributed by atoms with Crippen LogP contribution in [0.1, 0.15) is 38.1 Å². The van der Waals surface area contributed by atoms with Crippen molar-refractivity contribution in [1.29, 1.82) is 0 Å². The number of hydrogen-bond acceptors (Lipinski definition) is 4. The first kappa shape index (κ1) is 18.6. The first-order valence-corrected chi connectivity index (χ1v) is 8.81. The van der Waals surface area contributed by atoms with E-state index < -0.39 is 16.0 Å². The van der Waals surface area contributed by atoms with E-state index in [4.69, 9.17) is 4.74 Å². The molecule has 1 rings (SSSR count). The molecule has 124 valence electrons. The van der Waals surface area contributed by atoms with Gasteiger partial charge in [0, 0.05) is 13.1 Å². The number of carbonyl (C=O) groups excluding carboxylic acids is 1. The molecule has 0 unspecified atom stereocenters. The minimum Gasteiger partial charge on any atom is -0.465 e. The van der Waals surface area contributed by atoms with Crippen LogP contribution in [-0.4, -0.2) is 38.9 Å². The summed E-state index contributed by atoms with van der Waals surface area (Å²) in [5, 5.41) is 0. The number of esters is 1. The number of ether oxygens (including phenoxy) is 1. The number of carbonyl (C=O) groups is 1. The van der Waals surface area contributed by atoms with Crippen molar-refractivity contribution in [3.8, 4) is 0 Å². The Hall–Kier alpha value is -1.40. The lowest BCUT2D eigenvalue weighted by Gasteiger charge is -2.26. The van der Waals surface area contributed by atoms with E-state index in [0.29, 0.717) is 13.1 Å². The quantitative estimate of drug-likeness (QED) is 0.722. The maximum atomic E-state index is 13.0. The summed E-state index contributed by atoms with van der Waals surface area (Å²) >= 11 is 0. The molecule has 0 heterocycles. The van der Waals surface area contributed by atoms with E-state index in [-0.39, 0.29) is 22.3 Å². The van der Waals surface area contributed by atoms with Crippen LogP contribution in [0.5, 0.6) is 0 Å². The monoisotopic (exact) mass is 327 g/mol. The van der Waals surface area contributed by atoms with E-state index in [9.17, 15) is 13.2 Å². The molecule has 6 heteroatoms. The average molecular weight is 327 g/mol. The molecule has 1 aromatic rings. The van der Waals surface area contributed by atoms with E-state index in [2.05, 4.69) is 0 Å². The maximum Gasteiger partial charge on any atom is 0.339 e. The molecule has 0 atom stereocenters. The van der Waals surface area contributed by atoms with Crippen molar-refractivity contribution in [2.24, 2.45) is 11.8 Å². The maximum absolute atomic E-state index is 13.0. The number of benzene rings is 1. The molecule has 22 heavy (non-hydrogen) atoms. The molecule has 0 saturated heterocycles. The molecule has 0 aliphatic heterocycles. The lowest BCUT2D eigenvalue weighted by molar-refractivity contribution is 0.0596. The minimum absolute atomic E-state index is 0.00292. The number of nitrogens with zero attached hydrogens (tertiary/aromatic N) is 1. The van der Waals surface area contributed by atoms with Crippen LogP contribution < -0.4 is 0 Å². The van der Waals surface area contributed by atoms with Gasteiger partial charge >= 0.3 is 5.97 Å². The zero-order valence-corrected chi connectivity index (χ0v) is 14.7. The predicted octanol–water partition coefficient (Wildman–Crippen LogP) is 2.78. The van der Waals surface area contributed by atoms with Gasteiger partial charge in [-0.25, -0.2) is 13.2 Å². The Balaban J connectivity index is 3.33. The molecular formula is C16H25NO4S. The molecule has 0 aromatic heterocycles. The number of rotatable bonds is 7. The SMILES string of the molecule is COC(=O)c1ccccc1S(=O)(=O)N(CC(C)C)CC(C)C. The lowest BCUT2D eigenvalue weighted by atomic mass is 10.2. The second-order valence-corrected chi connectivity index (χ2v) is 8.00. The van der Waals surface area contributed by atoms with Gasteiger partial charge in [-0.15, -0.1) is 0 Å². The first-order chi connectivity index (χ1) is 10.2. The van der Waals surface area contributed by atoms with Crippen LogP contribution in [0.2, 0.25) is 0 Å². The van der Waals surface area contributed by atoms with Gasteiger partial charge in [-0.3, -0.25) is 0 Å². The Kier molecular flexibility index (Phi) is 6.56. The summed E-state index contributed by atoms with van der Waals surface area (Å²) in [7, 11) is -2.50. The fourth-order valence-electron chi connectivity index (χ4n) is 2.19. The smallest absolute Gasteiger partial charge is 0.339 e. The summed E-state index contributed by atoms with van der Waals surface area (Å²) in [5.74, 6) is -0.258. The van der Waals surface area contributed by atoms with E-state index in [0.717, 1.165) is 0 Å². The Morgan fingerprint density at radius 1 is 1.09 bits per heavy atom. The molecule has 0 amide bonds. The zero-order chi connectivity index (χ0) is 16.9. The molecule has 0 aliphatic carbocycles. The Morgan fingerprint density at radius 3 is 2.05 bits per heavy atom. The highest BCUT2D eigenvalue weighted by Gasteiger charge is 2.30. The largest absolute Gasteiger partial charge is 0.465 e. The molecule has 0 N–H and O–H groups in total. The predicted molar refractivity (Wildman–Crippen MR) is 86.2 cm³/mol. The van der Waals surface area contributed by atoms with Crippen LogP contribution in [0.3, 0.4) is 0 Å². The van der Waals surface area contributed by atoms with E-state index in [1.54, 1.807) is 12.1 Å². The highest BCUT2D eigenvalue weighted by Crippen LogP contribution is 2.23. The molecule has 1 aromatic carbocycles. The standard InChI is InChI=1S/C16H25NO4S/c1-12(2)10-17(11-13(3)4)22(19,20)15-9-7-6-8-14(15)16(18)21-5/h6-9,12-13H,10-11H2,1-5H3. The Bertz CT molecular complexity index is 598. The van der Waals surface area contributed by atoms with Crippen LogP contribution in [0.15, 0.2) is 29.2 Å². The van der Waals surface area contributed by atoms with Gasteiger partial charge in [0.15, 0.2) is 0 Å². The normalized spacial score (nSPS) is 12.2. The second-order valence-electron chi connectivity index (χ2n) is 6.10. The summed E-state index contributed by atoms with van der Waals surface area (Å²) in [6, 6.07) is 6.17. The molecule has 0 aliphatic rings. The molecule has 0 spiro atoms. The van der Waals surface area contributed by atoms with Gasteiger partial charge in [0.1, 0.15) is 0 Å². The number of sulfonamides is 1. The van der Waals surface area contributed by atoms with Crippen LogP contribution in [-0.2, 0) is 14.8 Å². The lowest BCUT2D eigenvalue weighted by Crippen LogP contribution is -2.37. The topological polar surface area (TPSA) is 63.7 Å². The third-order valence-electron chi connectivity index (χ3n) is 3.05. The van der Waals surface area contributed by atoms with Crippen molar-refractivity contribution in [2.75, 3.05) is 20.2 Å². The first-order valence-electron chi connectivity index (χ1n) is 7.37. The number of methoxy groups -OCH3 is 1. The Labute approximate surface area is 133 Å². The van der Waals surface area contributed by atoms with Gasteiger partial charge in [0.25, 0.3) is 0 Å². The molecule has 5 nitrogen and oxygen atoms in total. The van der Waals surface area contributed by atoms with Crippen molar-refractivity contribution < 1.29 is 17.9 Å². The molecule has 0 bridgehead atoms.